The zero-order valence-corrected chi connectivity index (χ0v) is 7.81. The second-order valence-corrected chi connectivity index (χ2v) is 2.65. The molecular formula is C8H11N3O2. The molecule has 0 aromatic carbocycles. The molecule has 0 aliphatic carbocycles. The summed E-state index contributed by atoms with van der Waals surface area (Å²) < 4.78 is 4.92. The summed E-state index contributed by atoms with van der Waals surface area (Å²) in [5, 5.41) is 0. The van der Waals surface area contributed by atoms with Crippen LogP contribution in [0.25, 0.3) is 0 Å². The number of rotatable bonds is 3. The van der Waals surface area contributed by atoms with E-state index < -0.39 is 0 Å². The number of carbonyl (C=O) groups excluding carboxylic acids is 1. The number of aldehydes is 1. The van der Waals surface area contributed by atoms with Crippen molar-refractivity contribution < 1.29 is 9.53 Å². The Morgan fingerprint density at radius 1 is 1.54 bits per heavy atom. The third-order valence-corrected chi connectivity index (χ3v) is 1.49. The van der Waals surface area contributed by atoms with Crippen molar-refractivity contribution in [1.29, 1.82) is 0 Å². The number of anilines is 1. The van der Waals surface area contributed by atoms with Crippen LogP contribution in [0.15, 0.2) is 6.20 Å². The highest BCUT2D eigenvalue weighted by atomic mass is 16.5. The molecule has 1 rings (SSSR count). The summed E-state index contributed by atoms with van der Waals surface area (Å²) >= 11 is 0. The molecule has 0 unspecified atom stereocenters. The van der Waals surface area contributed by atoms with Crippen molar-refractivity contribution in [3.63, 3.8) is 0 Å². The SMILES string of the molecule is COc1nc(N(C)C)ncc1C=O. The third kappa shape index (κ3) is 1.93. The number of carbonyl (C=O) groups is 1. The lowest BCUT2D eigenvalue weighted by Gasteiger charge is -2.10. The molecule has 0 saturated carbocycles. The van der Waals surface area contributed by atoms with Gasteiger partial charge in [-0.3, -0.25) is 4.79 Å². The molecule has 0 bridgehead atoms. The Morgan fingerprint density at radius 2 is 2.23 bits per heavy atom. The van der Waals surface area contributed by atoms with Gasteiger partial charge in [0.15, 0.2) is 6.29 Å². The number of aromatic nitrogens is 2. The standard InChI is InChI=1S/C8H11N3O2/c1-11(2)8-9-4-6(5-12)7(10-8)13-3/h4-5H,1-3H3. The molecule has 0 amide bonds. The van der Waals surface area contributed by atoms with E-state index in [1.54, 1.807) is 4.90 Å². The van der Waals surface area contributed by atoms with Crippen LogP contribution >= 0.6 is 0 Å². The summed E-state index contributed by atoms with van der Waals surface area (Å²) in [7, 11) is 5.10. The van der Waals surface area contributed by atoms with Crippen LogP contribution in [0.3, 0.4) is 0 Å². The summed E-state index contributed by atoms with van der Waals surface area (Å²) in [4.78, 5) is 20.2. The van der Waals surface area contributed by atoms with Crippen LogP contribution in [0.5, 0.6) is 5.88 Å². The number of hydrogen-bond acceptors (Lipinski definition) is 5. The summed E-state index contributed by atoms with van der Waals surface area (Å²) in [6.07, 6.45) is 2.10. The average molecular weight is 181 g/mol. The predicted octanol–water partition coefficient (Wildman–Crippen LogP) is 0.364. The van der Waals surface area contributed by atoms with Crippen molar-refractivity contribution in [3.05, 3.63) is 11.8 Å². The van der Waals surface area contributed by atoms with E-state index in [-0.39, 0.29) is 0 Å². The van der Waals surface area contributed by atoms with Crippen LogP contribution in [0.2, 0.25) is 0 Å². The first-order valence-electron chi connectivity index (χ1n) is 3.72. The fourth-order valence-electron chi connectivity index (χ4n) is 0.827. The number of ether oxygens (including phenoxy) is 1. The monoisotopic (exact) mass is 181 g/mol. The largest absolute Gasteiger partial charge is 0.480 e. The molecule has 5 nitrogen and oxygen atoms in total. The van der Waals surface area contributed by atoms with Crippen LogP contribution in [0.4, 0.5) is 5.95 Å². The van der Waals surface area contributed by atoms with Gasteiger partial charge in [-0.25, -0.2) is 4.98 Å². The van der Waals surface area contributed by atoms with Gasteiger partial charge in [0, 0.05) is 20.3 Å². The Kier molecular flexibility index (Phi) is 2.79. The molecule has 1 aromatic heterocycles. The van der Waals surface area contributed by atoms with Crippen LogP contribution in [-0.2, 0) is 0 Å². The van der Waals surface area contributed by atoms with E-state index in [9.17, 15) is 4.79 Å². The van der Waals surface area contributed by atoms with Gasteiger partial charge in [0.2, 0.25) is 11.8 Å². The van der Waals surface area contributed by atoms with Gasteiger partial charge < -0.3 is 9.64 Å². The molecule has 0 spiro atoms. The zero-order chi connectivity index (χ0) is 9.84. The third-order valence-electron chi connectivity index (χ3n) is 1.49. The first kappa shape index (κ1) is 9.44. The summed E-state index contributed by atoms with van der Waals surface area (Å²) in [6, 6.07) is 0. The van der Waals surface area contributed by atoms with Crippen molar-refractivity contribution in [3.8, 4) is 5.88 Å². The maximum Gasteiger partial charge on any atom is 0.228 e. The lowest BCUT2D eigenvalue weighted by Crippen LogP contribution is -2.13. The highest BCUT2D eigenvalue weighted by Crippen LogP contribution is 2.14. The second-order valence-electron chi connectivity index (χ2n) is 2.65. The van der Waals surface area contributed by atoms with Gasteiger partial charge in [0.05, 0.1) is 12.7 Å². The number of nitrogens with zero attached hydrogens (tertiary/aromatic N) is 3. The van der Waals surface area contributed by atoms with E-state index in [2.05, 4.69) is 9.97 Å². The molecule has 70 valence electrons. The minimum absolute atomic E-state index is 0.300. The van der Waals surface area contributed by atoms with E-state index in [4.69, 9.17) is 4.74 Å². The Morgan fingerprint density at radius 3 is 2.69 bits per heavy atom. The first-order valence-corrected chi connectivity index (χ1v) is 3.72. The summed E-state index contributed by atoms with van der Waals surface area (Å²) in [6.45, 7) is 0. The lowest BCUT2D eigenvalue weighted by atomic mass is 10.4. The van der Waals surface area contributed by atoms with E-state index in [0.29, 0.717) is 23.7 Å². The van der Waals surface area contributed by atoms with Crippen molar-refractivity contribution >= 4 is 12.2 Å². The topological polar surface area (TPSA) is 55.3 Å². The molecule has 0 saturated heterocycles. The molecule has 1 aromatic rings. The maximum absolute atomic E-state index is 10.5. The smallest absolute Gasteiger partial charge is 0.228 e. The van der Waals surface area contributed by atoms with Gasteiger partial charge in [0.1, 0.15) is 0 Å². The molecule has 0 fully saturated rings. The van der Waals surface area contributed by atoms with E-state index in [0.717, 1.165) is 0 Å². The van der Waals surface area contributed by atoms with Crippen molar-refractivity contribution in [2.24, 2.45) is 0 Å². The molecular weight excluding hydrogens is 170 g/mol. The van der Waals surface area contributed by atoms with E-state index in [1.807, 2.05) is 14.1 Å². The summed E-state index contributed by atoms with van der Waals surface area (Å²) in [5.74, 6) is 0.816. The van der Waals surface area contributed by atoms with Crippen molar-refractivity contribution in [2.75, 3.05) is 26.1 Å². The molecule has 0 radical (unpaired) electrons. The molecule has 13 heavy (non-hydrogen) atoms. The summed E-state index contributed by atoms with van der Waals surface area (Å²) in [5.41, 5.74) is 0.355. The fourth-order valence-corrected chi connectivity index (χ4v) is 0.827. The number of methoxy groups -OCH3 is 1. The average Bonchev–Trinajstić information content (AvgIpc) is 2.16. The van der Waals surface area contributed by atoms with Gasteiger partial charge in [0.25, 0.3) is 0 Å². The van der Waals surface area contributed by atoms with Gasteiger partial charge in [-0.15, -0.1) is 0 Å². The number of hydrogen-bond donors (Lipinski definition) is 0. The van der Waals surface area contributed by atoms with Crippen LogP contribution in [0, 0.1) is 0 Å². The highest BCUT2D eigenvalue weighted by Gasteiger charge is 2.07. The fraction of sp³-hybridized carbons (Fsp3) is 0.375. The van der Waals surface area contributed by atoms with Crippen molar-refractivity contribution in [2.45, 2.75) is 0 Å². The second kappa shape index (κ2) is 3.84. The maximum atomic E-state index is 10.5. The normalized spacial score (nSPS) is 9.46. The molecule has 0 aliphatic heterocycles. The van der Waals surface area contributed by atoms with E-state index in [1.165, 1.54) is 13.3 Å². The molecule has 0 aliphatic rings. The molecule has 5 heteroatoms. The Labute approximate surface area is 76.4 Å². The Bertz CT molecular complexity index is 312. The molecule has 0 atom stereocenters. The van der Waals surface area contributed by atoms with E-state index >= 15 is 0 Å². The highest BCUT2D eigenvalue weighted by molar-refractivity contribution is 5.77. The predicted molar refractivity (Wildman–Crippen MR) is 48.3 cm³/mol. The van der Waals surface area contributed by atoms with Crippen LogP contribution in [0.1, 0.15) is 10.4 Å². The van der Waals surface area contributed by atoms with Crippen LogP contribution in [-0.4, -0.2) is 37.5 Å². The van der Waals surface area contributed by atoms with Gasteiger partial charge >= 0.3 is 0 Å². The molecule has 0 N–H and O–H groups in total. The quantitative estimate of drug-likeness (QED) is 0.630. The van der Waals surface area contributed by atoms with Crippen molar-refractivity contribution in [1.82, 2.24) is 9.97 Å². The van der Waals surface area contributed by atoms with Gasteiger partial charge in [-0.1, -0.05) is 0 Å². The van der Waals surface area contributed by atoms with Gasteiger partial charge in [-0.05, 0) is 0 Å². The minimum Gasteiger partial charge on any atom is -0.480 e. The zero-order valence-electron chi connectivity index (χ0n) is 7.81. The Balaban J connectivity index is 3.12. The van der Waals surface area contributed by atoms with Crippen LogP contribution < -0.4 is 9.64 Å². The Hall–Kier alpha value is -1.65. The lowest BCUT2D eigenvalue weighted by molar-refractivity contribution is 0.111. The first-order chi connectivity index (χ1) is 6.19. The molecule has 1 heterocycles. The van der Waals surface area contributed by atoms with Gasteiger partial charge in [-0.2, -0.15) is 4.98 Å². The minimum atomic E-state index is 0.300.